The molecule has 0 aromatic heterocycles. The van der Waals surface area contributed by atoms with E-state index in [4.69, 9.17) is 0 Å². The molecule has 1 amide bonds. The predicted octanol–water partition coefficient (Wildman–Crippen LogP) is 5.70. The summed E-state index contributed by atoms with van der Waals surface area (Å²) in [7, 11) is 3.34. The highest BCUT2D eigenvalue weighted by molar-refractivity contribution is 6.09. The third-order valence-corrected chi connectivity index (χ3v) is 5.55. The Morgan fingerprint density at radius 3 is 2.03 bits per heavy atom. The van der Waals surface area contributed by atoms with Gasteiger partial charge in [-0.25, -0.2) is 0 Å². The lowest BCUT2D eigenvalue weighted by molar-refractivity contribution is 0.0825. The summed E-state index contributed by atoms with van der Waals surface area (Å²) in [4.78, 5) is 25.1. The maximum absolute atomic E-state index is 12.7. The maximum atomic E-state index is 12.7. The molecule has 4 aromatic rings. The molecule has 0 saturated carbocycles. The van der Waals surface area contributed by atoms with Crippen LogP contribution in [0, 0.1) is 6.92 Å². The maximum Gasteiger partial charge on any atom is 0.257 e. The fraction of sp³-hybridized carbons (Fsp3) is 0.111. The number of carbonyl (C=O) groups excluding carboxylic acids is 2. The largest absolute Gasteiger partial charge is 0.506 e. The van der Waals surface area contributed by atoms with Crippen LogP contribution in [0.5, 0.6) is 5.75 Å². The second-order valence-corrected chi connectivity index (χ2v) is 7.84. The van der Waals surface area contributed by atoms with Gasteiger partial charge in [0.1, 0.15) is 12.0 Å². The van der Waals surface area contributed by atoms with Crippen molar-refractivity contribution >= 4 is 23.0 Å². The highest BCUT2D eigenvalue weighted by Crippen LogP contribution is 2.38. The van der Waals surface area contributed by atoms with E-state index in [1.165, 1.54) is 4.90 Å². The van der Waals surface area contributed by atoms with Crippen LogP contribution < -0.4 is 0 Å². The number of fused-ring (bicyclic) bond motifs is 1. The van der Waals surface area contributed by atoms with Gasteiger partial charge in [0.25, 0.3) is 5.91 Å². The summed E-state index contributed by atoms with van der Waals surface area (Å²) in [6, 6.07) is 23.1. The number of aromatic hydroxyl groups is 1. The molecule has 4 aromatic carbocycles. The van der Waals surface area contributed by atoms with Crippen LogP contribution in [-0.4, -0.2) is 36.3 Å². The Balaban J connectivity index is 1.85. The number of hydrogen-bond donors (Lipinski definition) is 1. The Morgan fingerprint density at radius 2 is 1.45 bits per heavy atom. The smallest absolute Gasteiger partial charge is 0.257 e. The van der Waals surface area contributed by atoms with Crippen molar-refractivity contribution in [1.29, 1.82) is 0 Å². The molecule has 0 saturated heterocycles. The first-order valence-electron chi connectivity index (χ1n) is 10.0. The molecule has 0 atom stereocenters. The highest BCUT2D eigenvalue weighted by atomic mass is 16.3. The molecule has 0 spiro atoms. The third kappa shape index (κ3) is 3.68. The van der Waals surface area contributed by atoms with Crippen LogP contribution in [0.1, 0.15) is 26.3 Å². The van der Waals surface area contributed by atoms with E-state index in [2.05, 4.69) is 0 Å². The van der Waals surface area contributed by atoms with E-state index in [0.717, 1.165) is 39.5 Å². The highest BCUT2D eigenvalue weighted by Gasteiger charge is 2.19. The zero-order chi connectivity index (χ0) is 22.1. The van der Waals surface area contributed by atoms with E-state index in [-0.39, 0.29) is 17.2 Å². The van der Waals surface area contributed by atoms with Gasteiger partial charge in [-0.2, -0.15) is 0 Å². The first kappa shape index (κ1) is 20.4. The zero-order valence-electron chi connectivity index (χ0n) is 17.7. The molecular weight excluding hydrogens is 386 g/mol. The normalized spacial score (nSPS) is 10.8. The Morgan fingerprint density at radius 1 is 0.839 bits per heavy atom. The van der Waals surface area contributed by atoms with E-state index in [1.54, 1.807) is 20.2 Å². The van der Waals surface area contributed by atoms with Crippen LogP contribution in [0.4, 0.5) is 0 Å². The molecule has 0 aliphatic heterocycles. The predicted molar refractivity (Wildman–Crippen MR) is 125 cm³/mol. The van der Waals surface area contributed by atoms with Gasteiger partial charge in [-0.1, -0.05) is 60.7 Å². The molecule has 0 fully saturated rings. The Kier molecular flexibility index (Phi) is 5.30. The van der Waals surface area contributed by atoms with E-state index >= 15 is 0 Å². The van der Waals surface area contributed by atoms with E-state index < -0.39 is 0 Å². The Labute approximate surface area is 181 Å². The minimum atomic E-state index is -0.244. The van der Waals surface area contributed by atoms with Gasteiger partial charge in [-0.05, 0) is 52.3 Å². The molecular formula is C27H23NO3. The number of aldehydes is 1. The molecule has 4 nitrogen and oxygen atoms in total. The van der Waals surface area contributed by atoms with Crippen molar-refractivity contribution < 1.29 is 14.7 Å². The number of hydrogen-bond acceptors (Lipinski definition) is 3. The molecule has 0 heterocycles. The summed E-state index contributed by atoms with van der Waals surface area (Å²) in [5.74, 6) is -0.243. The Hall–Kier alpha value is -3.92. The molecule has 4 heteroatoms. The standard InChI is InChI=1S/C27H23NO3/c1-17-14-18(16-29)8-13-21(17)19-9-11-20(12-10-19)24-15-25(27(31)28(2)3)26(30)23-7-5-4-6-22(23)24/h4-16,30H,1-3H3. The van der Waals surface area contributed by atoms with Crippen molar-refractivity contribution in [2.45, 2.75) is 6.92 Å². The summed E-state index contributed by atoms with van der Waals surface area (Å²) in [6.45, 7) is 1.99. The molecule has 0 unspecified atom stereocenters. The fourth-order valence-electron chi connectivity index (χ4n) is 3.92. The summed E-state index contributed by atoms with van der Waals surface area (Å²) in [5.41, 5.74) is 5.93. The molecule has 0 aliphatic rings. The van der Waals surface area contributed by atoms with Gasteiger partial charge >= 0.3 is 0 Å². The number of phenolic OH excluding ortho intramolecular Hbond substituents is 1. The van der Waals surface area contributed by atoms with Crippen LogP contribution in [0.3, 0.4) is 0 Å². The number of rotatable bonds is 4. The molecule has 31 heavy (non-hydrogen) atoms. The summed E-state index contributed by atoms with van der Waals surface area (Å²) in [5, 5.41) is 12.3. The summed E-state index contributed by atoms with van der Waals surface area (Å²) in [6.07, 6.45) is 0.850. The van der Waals surface area contributed by atoms with Crippen molar-refractivity contribution in [3.63, 3.8) is 0 Å². The van der Waals surface area contributed by atoms with Gasteiger partial charge in [0.05, 0.1) is 5.56 Å². The number of amides is 1. The zero-order valence-corrected chi connectivity index (χ0v) is 17.7. The molecule has 1 N–H and O–H groups in total. The number of phenols is 1. The van der Waals surface area contributed by atoms with Crippen LogP contribution >= 0.6 is 0 Å². The lowest BCUT2D eigenvalue weighted by Gasteiger charge is -2.16. The van der Waals surface area contributed by atoms with E-state index in [9.17, 15) is 14.7 Å². The van der Waals surface area contributed by atoms with Crippen molar-refractivity contribution in [3.8, 4) is 28.0 Å². The monoisotopic (exact) mass is 409 g/mol. The summed E-state index contributed by atoms with van der Waals surface area (Å²) >= 11 is 0. The van der Waals surface area contributed by atoms with Crippen molar-refractivity contribution in [3.05, 3.63) is 89.5 Å². The lowest BCUT2D eigenvalue weighted by atomic mass is 9.92. The first-order valence-corrected chi connectivity index (χ1v) is 10.0. The molecule has 0 radical (unpaired) electrons. The first-order chi connectivity index (χ1) is 14.9. The average Bonchev–Trinajstić information content (AvgIpc) is 2.79. The SMILES string of the molecule is Cc1cc(C=O)ccc1-c1ccc(-c2cc(C(=O)N(C)C)c(O)c3ccccc23)cc1. The number of carbonyl (C=O) groups is 2. The van der Waals surface area contributed by atoms with Gasteiger partial charge in [-0.3, -0.25) is 9.59 Å². The molecule has 4 rings (SSSR count). The minimum Gasteiger partial charge on any atom is -0.506 e. The summed E-state index contributed by atoms with van der Waals surface area (Å²) < 4.78 is 0. The fourth-order valence-corrected chi connectivity index (χ4v) is 3.92. The van der Waals surface area contributed by atoms with Crippen LogP contribution in [0.25, 0.3) is 33.0 Å². The third-order valence-electron chi connectivity index (χ3n) is 5.55. The van der Waals surface area contributed by atoms with Gasteiger partial charge in [0.2, 0.25) is 0 Å². The van der Waals surface area contributed by atoms with E-state index in [1.807, 2.05) is 73.7 Å². The lowest BCUT2D eigenvalue weighted by Crippen LogP contribution is -2.21. The van der Waals surface area contributed by atoms with Gasteiger partial charge in [0.15, 0.2) is 0 Å². The number of benzene rings is 4. The minimum absolute atomic E-state index is 0.000521. The van der Waals surface area contributed by atoms with Crippen molar-refractivity contribution in [2.75, 3.05) is 14.1 Å². The van der Waals surface area contributed by atoms with Gasteiger partial charge < -0.3 is 10.0 Å². The van der Waals surface area contributed by atoms with Crippen LogP contribution in [0.15, 0.2) is 72.8 Å². The van der Waals surface area contributed by atoms with E-state index in [0.29, 0.717) is 10.9 Å². The van der Waals surface area contributed by atoms with Crippen molar-refractivity contribution in [1.82, 2.24) is 4.90 Å². The van der Waals surface area contributed by atoms with Gasteiger partial charge in [0, 0.05) is 25.0 Å². The second-order valence-electron chi connectivity index (χ2n) is 7.84. The number of aryl methyl sites for hydroxylation is 1. The average molecular weight is 409 g/mol. The van der Waals surface area contributed by atoms with Crippen LogP contribution in [0.2, 0.25) is 0 Å². The molecule has 0 aliphatic carbocycles. The molecule has 0 bridgehead atoms. The number of nitrogens with zero attached hydrogens (tertiary/aromatic N) is 1. The second kappa shape index (κ2) is 8.07. The Bertz CT molecular complexity index is 1300. The van der Waals surface area contributed by atoms with Crippen LogP contribution in [-0.2, 0) is 0 Å². The van der Waals surface area contributed by atoms with Gasteiger partial charge in [-0.15, -0.1) is 0 Å². The topological polar surface area (TPSA) is 57.6 Å². The van der Waals surface area contributed by atoms with Crippen molar-refractivity contribution in [2.24, 2.45) is 0 Å². The quantitative estimate of drug-likeness (QED) is 0.440. The molecule has 154 valence electrons.